The molecule has 1 fully saturated rings. The third-order valence-corrected chi connectivity index (χ3v) is 7.48. The summed E-state index contributed by atoms with van der Waals surface area (Å²) in [5.74, 6) is -1.47. The summed E-state index contributed by atoms with van der Waals surface area (Å²) in [6.07, 6.45) is 1.96. The molecule has 2 amide bonds. The van der Waals surface area contributed by atoms with E-state index in [1.54, 1.807) is 0 Å². The van der Waals surface area contributed by atoms with Crippen molar-refractivity contribution in [1.29, 1.82) is 0 Å². The highest BCUT2D eigenvalue weighted by Gasteiger charge is 2.45. The summed E-state index contributed by atoms with van der Waals surface area (Å²) in [7, 11) is 0. The Morgan fingerprint density at radius 2 is 1.65 bits per heavy atom. The number of carboxylic acid groups (broad SMARTS) is 1. The molecule has 0 spiro atoms. The summed E-state index contributed by atoms with van der Waals surface area (Å²) in [6, 6.07) is 15.4. The molecule has 180 valence electrons. The molecule has 4 rings (SSSR count). The van der Waals surface area contributed by atoms with Crippen LogP contribution in [0.25, 0.3) is 11.1 Å². The quantitative estimate of drug-likeness (QED) is 0.513. The Hall–Kier alpha value is -3.35. The van der Waals surface area contributed by atoms with Gasteiger partial charge in [0, 0.05) is 12.5 Å². The molecule has 0 radical (unpaired) electrons. The van der Waals surface area contributed by atoms with Gasteiger partial charge in [-0.05, 0) is 41.0 Å². The van der Waals surface area contributed by atoms with Gasteiger partial charge >= 0.3 is 12.1 Å². The Bertz CT molecular complexity index is 1030. The largest absolute Gasteiger partial charge is 0.481 e. The van der Waals surface area contributed by atoms with E-state index in [0.717, 1.165) is 28.7 Å². The zero-order valence-corrected chi connectivity index (χ0v) is 19.7. The second kappa shape index (κ2) is 9.87. The van der Waals surface area contributed by atoms with Gasteiger partial charge in [-0.2, -0.15) is 0 Å². The number of carbonyl (C=O) groups is 3. The van der Waals surface area contributed by atoms with Crippen molar-refractivity contribution < 1.29 is 24.2 Å². The van der Waals surface area contributed by atoms with Crippen LogP contribution in [-0.2, 0) is 14.3 Å². The molecule has 34 heavy (non-hydrogen) atoms. The molecule has 2 aliphatic rings. The number of ether oxygens (including phenoxy) is 1. The van der Waals surface area contributed by atoms with Crippen molar-refractivity contribution in [3.63, 3.8) is 0 Å². The average molecular weight is 465 g/mol. The number of hydrogen-bond acceptors (Lipinski definition) is 4. The summed E-state index contributed by atoms with van der Waals surface area (Å²) in [5.41, 5.74) is 3.64. The standard InChI is InChI=1S/C27H32N2O5/c1-3-17(2)23(24(30)28-16-27(25(31)32)13-8-14-27)29-26(33)34-15-22-20-11-6-4-9-18(20)19-10-5-7-12-21(19)22/h4-7,9-12,17,22-23H,3,8,13-16H2,1-2H3,(H,28,30)(H,29,33)(H,31,32)/t17?,23-/m0/s1. The maximum absolute atomic E-state index is 12.9. The van der Waals surface area contributed by atoms with Crippen LogP contribution in [0.2, 0.25) is 0 Å². The van der Waals surface area contributed by atoms with E-state index in [4.69, 9.17) is 4.74 Å². The zero-order valence-electron chi connectivity index (χ0n) is 19.7. The van der Waals surface area contributed by atoms with Crippen LogP contribution >= 0.6 is 0 Å². The third-order valence-electron chi connectivity index (χ3n) is 7.48. The maximum Gasteiger partial charge on any atom is 0.407 e. The molecule has 2 aromatic carbocycles. The molecule has 0 aromatic heterocycles. The molecular weight excluding hydrogens is 432 g/mol. The van der Waals surface area contributed by atoms with E-state index >= 15 is 0 Å². The highest BCUT2D eigenvalue weighted by molar-refractivity contribution is 5.87. The van der Waals surface area contributed by atoms with E-state index in [0.29, 0.717) is 19.3 Å². The number of hydrogen-bond donors (Lipinski definition) is 3. The van der Waals surface area contributed by atoms with Crippen molar-refractivity contribution in [3.8, 4) is 11.1 Å². The van der Waals surface area contributed by atoms with Gasteiger partial charge < -0.3 is 20.5 Å². The van der Waals surface area contributed by atoms with E-state index in [1.807, 2.05) is 38.1 Å². The summed E-state index contributed by atoms with van der Waals surface area (Å²) in [5, 5.41) is 15.0. The zero-order chi connectivity index (χ0) is 24.3. The number of nitrogens with one attached hydrogen (secondary N) is 2. The molecule has 1 unspecified atom stereocenters. The van der Waals surface area contributed by atoms with Gasteiger partial charge in [-0.25, -0.2) is 4.79 Å². The lowest BCUT2D eigenvalue weighted by molar-refractivity contribution is -0.154. The minimum absolute atomic E-state index is 0.0666. The van der Waals surface area contributed by atoms with Crippen molar-refractivity contribution in [1.82, 2.24) is 10.6 Å². The predicted octanol–water partition coefficient (Wildman–Crippen LogP) is 4.31. The molecule has 2 aromatic rings. The Kier molecular flexibility index (Phi) is 6.91. The van der Waals surface area contributed by atoms with Gasteiger partial charge in [0.15, 0.2) is 0 Å². The Balaban J connectivity index is 1.39. The van der Waals surface area contributed by atoms with Crippen molar-refractivity contribution in [2.75, 3.05) is 13.2 Å². The number of alkyl carbamates (subject to hydrolysis) is 1. The number of rotatable bonds is 9. The van der Waals surface area contributed by atoms with Gasteiger partial charge in [-0.3, -0.25) is 9.59 Å². The number of aliphatic carboxylic acids is 1. The smallest absolute Gasteiger partial charge is 0.407 e. The summed E-state index contributed by atoms with van der Waals surface area (Å²) in [4.78, 5) is 37.2. The Morgan fingerprint density at radius 3 is 2.15 bits per heavy atom. The van der Waals surface area contributed by atoms with Crippen LogP contribution in [0.1, 0.15) is 56.6 Å². The molecule has 2 aliphatic carbocycles. The van der Waals surface area contributed by atoms with Crippen LogP contribution < -0.4 is 10.6 Å². The summed E-state index contributed by atoms with van der Waals surface area (Å²) in [6.45, 7) is 4.05. The molecule has 0 aliphatic heterocycles. The van der Waals surface area contributed by atoms with Gasteiger partial charge in [0.25, 0.3) is 0 Å². The van der Waals surface area contributed by atoms with Gasteiger partial charge in [0.05, 0.1) is 5.41 Å². The normalized spacial score (nSPS) is 17.5. The van der Waals surface area contributed by atoms with E-state index in [9.17, 15) is 19.5 Å². The van der Waals surface area contributed by atoms with Crippen LogP contribution in [0, 0.1) is 11.3 Å². The minimum Gasteiger partial charge on any atom is -0.481 e. The van der Waals surface area contributed by atoms with Crippen LogP contribution in [0.15, 0.2) is 48.5 Å². The van der Waals surface area contributed by atoms with Crippen LogP contribution in [0.5, 0.6) is 0 Å². The molecule has 2 atom stereocenters. The Morgan fingerprint density at radius 1 is 1.06 bits per heavy atom. The van der Waals surface area contributed by atoms with E-state index in [1.165, 1.54) is 0 Å². The summed E-state index contributed by atoms with van der Waals surface area (Å²) < 4.78 is 5.61. The number of fused-ring (bicyclic) bond motifs is 3. The molecule has 7 nitrogen and oxygen atoms in total. The van der Waals surface area contributed by atoms with E-state index in [2.05, 4.69) is 34.9 Å². The van der Waals surface area contributed by atoms with Crippen LogP contribution in [-0.4, -0.2) is 42.3 Å². The molecule has 0 bridgehead atoms. The predicted molar refractivity (Wildman–Crippen MR) is 128 cm³/mol. The molecule has 0 saturated heterocycles. The first-order chi connectivity index (χ1) is 16.4. The first-order valence-corrected chi connectivity index (χ1v) is 12.0. The SMILES string of the molecule is CCC(C)[C@H](NC(=O)OCC1c2ccccc2-c2ccccc21)C(=O)NCC1(C(=O)O)CCC1. The Labute approximate surface area is 199 Å². The van der Waals surface area contributed by atoms with Crippen molar-refractivity contribution in [3.05, 3.63) is 59.7 Å². The van der Waals surface area contributed by atoms with Gasteiger partial charge in [-0.1, -0.05) is 75.2 Å². The lowest BCUT2D eigenvalue weighted by atomic mass is 9.68. The molecule has 7 heteroatoms. The maximum atomic E-state index is 12.9. The third kappa shape index (κ3) is 4.52. The monoisotopic (exact) mass is 464 g/mol. The summed E-state index contributed by atoms with van der Waals surface area (Å²) >= 11 is 0. The van der Waals surface area contributed by atoms with Gasteiger partial charge in [0.1, 0.15) is 12.6 Å². The van der Waals surface area contributed by atoms with Crippen molar-refractivity contribution >= 4 is 18.0 Å². The minimum atomic E-state index is -0.889. The van der Waals surface area contributed by atoms with Crippen LogP contribution in [0.3, 0.4) is 0 Å². The lowest BCUT2D eigenvalue weighted by Gasteiger charge is -2.38. The van der Waals surface area contributed by atoms with E-state index in [-0.39, 0.29) is 30.9 Å². The highest BCUT2D eigenvalue weighted by atomic mass is 16.5. The lowest BCUT2D eigenvalue weighted by Crippen LogP contribution is -2.54. The van der Waals surface area contributed by atoms with Gasteiger partial charge in [0.2, 0.25) is 5.91 Å². The molecular formula is C27H32N2O5. The van der Waals surface area contributed by atoms with Crippen LogP contribution in [0.4, 0.5) is 4.79 Å². The fourth-order valence-electron chi connectivity index (χ4n) is 4.91. The first-order valence-electron chi connectivity index (χ1n) is 12.0. The molecule has 1 saturated carbocycles. The number of carbonyl (C=O) groups excluding carboxylic acids is 2. The fraction of sp³-hybridized carbons (Fsp3) is 0.444. The number of amides is 2. The second-order valence-corrected chi connectivity index (χ2v) is 9.49. The highest BCUT2D eigenvalue weighted by Crippen LogP contribution is 2.44. The fourth-order valence-corrected chi connectivity index (χ4v) is 4.91. The van der Waals surface area contributed by atoms with Crippen molar-refractivity contribution in [2.45, 2.75) is 51.5 Å². The second-order valence-electron chi connectivity index (χ2n) is 9.49. The van der Waals surface area contributed by atoms with E-state index < -0.39 is 23.5 Å². The number of carboxylic acids is 1. The number of benzene rings is 2. The first kappa shape index (κ1) is 23.8. The molecule has 3 N–H and O–H groups in total. The molecule has 0 heterocycles. The average Bonchev–Trinajstić information content (AvgIpc) is 3.13. The topological polar surface area (TPSA) is 105 Å². The van der Waals surface area contributed by atoms with Gasteiger partial charge in [-0.15, -0.1) is 0 Å². The van der Waals surface area contributed by atoms with Crippen molar-refractivity contribution in [2.24, 2.45) is 11.3 Å².